The standard InChI is InChI=1S/C23H33N9O4S/c1-31-8-4-15(5-9-31)11-18(33)30-17-12-26-14-32(22(17)36)13-19(34)29-16(3-2-6-28-23(24)25)20(35)21-27-7-10-37-21/h7,10,12,14-16H,2-6,8-9,11,13H2,1H3,(H,29,34)(H,30,33)(H4,24,25,28)/t16-/m0/s1. The van der Waals surface area contributed by atoms with Gasteiger partial charge < -0.3 is 27.0 Å². The predicted octanol–water partition coefficient (Wildman–Crippen LogP) is -0.208. The Morgan fingerprint density at radius 1 is 1.24 bits per heavy atom. The molecule has 0 saturated carbocycles. The molecule has 0 aliphatic carbocycles. The van der Waals surface area contributed by atoms with Crippen LogP contribution in [0.4, 0.5) is 5.69 Å². The molecule has 2 aromatic rings. The topological polar surface area (TPSA) is 191 Å². The quantitative estimate of drug-likeness (QED) is 0.124. The van der Waals surface area contributed by atoms with Gasteiger partial charge >= 0.3 is 0 Å². The molecule has 13 nitrogen and oxygen atoms in total. The fourth-order valence-corrected chi connectivity index (χ4v) is 4.67. The van der Waals surface area contributed by atoms with E-state index in [1.807, 2.05) is 0 Å². The minimum absolute atomic E-state index is 0.000810. The third kappa shape index (κ3) is 8.75. The molecule has 1 fully saturated rings. The van der Waals surface area contributed by atoms with Crippen LogP contribution in [0.15, 0.2) is 33.9 Å². The molecular formula is C23H33N9O4S. The Morgan fingerprint density at radius 2 is 2.00 bits per heavy atom. The number of ketones is 1. The van der Waals surface area contributed by atoms with Gasteiger partial charge in [-0.15, -0.1) is 11.3 Å². The molecule has 200 valence electrons. The maximum absolute atomic E-state index is 12.9. The van der Waals surface area contributed by atoms with E-state index >= 15 is 0 Å². The summed E-state index contributed by atoms with van der Waals surface area (Å²) in [4.78, 5) is 65.1. The fraction of sp³-hybridized carbons (Fsp3) is 0.522. The lowest BCUT2D eigenvalue weighted by Crippen LogP contribution is -2.43. The summed E-state index contributed by atoms with van der Waals surface area (Å²) in [6, 6.07) is -0.867. The fourth-order valence-electron chi connectivity index (χ4n) is 4.04. The normalized spacial score (nSPS) is 15.1. The summed E-state index contributed by atoms with van der Waals surface area (Å²) in [6.07, 6.45) is 6.88. The average Bonchev–Trinajstić information content (AvgIpc) is 3.39. The van der Waals surface area contributed by atoms with Crippen molar-refractivity contribution in [1.29, 1.82) is 0 Å². The smallest absolute Gasteiger partial charge is 0.277 e. The van der Waals surface area contributed by atoms with Gasteiger partial charge in [0.2, 0.25) is 17.6 Å². The van der Waals surface area contributed by atoms with Crippen LogP contribution in [0.25, 0.3) is 0 Å². The zero-order valence-electron chi connectivity index (χ0n) is 20.8. The van der Waals surface area contributed by atoms with Gasteiger partial charge in [-0.2, -0.15) is 0 Å². The Hall–Kier alpha value is -3.65. The summed E-state index contributed by atoms with van der Waals surface area (Å²) in [5.74, 6) is -0.952. The van der Waals surface area contributed by atoms with Crippen LogP contribution < -0.4 is 27.7 Å². The van der Waals surface area contributed by atoms with Crippen molar-refractivity contribution in [3.8, 4) is 0 Å². The Labute approximate surface area is 218 Å². The van der Waals surface area contributed by atoms with Crippen LogP contribution >= 0.6 is 11.3 Å². The monoisotopic (exact) mass is 531 g/mol. The maximum atomic E-state index is 12.9. The van der Waals surface area contributed by atoms with Crippen molar-refractivity contribution < 1.29 is 14.4 Å². The average molecular weight is 532 g/mol. The Balaban J connectivity index is 1.61. The molecule has 6 N–H and O–H groups in total. The van der Waals surface area contributed by atoms with Crippen molar-refractivity contribution in [3.63, 3.8) is 0 Å². The molecule has 1 saturated heterocycles. The first-order valence-electron chi connectivity index (χ1n) is 12.0. The molecule has 0 aromatic carbocycles. The van der Waals surface area contributed by atoms with Gasteiger partial charge in [0, 0.05) is 24.5 Å². The number of nitrogens with zero attached hydrogens (tertiary/aromatic N) is 5. The van der Waals surface area contributed by atoms with E-state index < -0.39 is 17.5 Å². The predicted molar refractivity (Wildman–Crippen MR) is 140 cm³/mol. The number of anilines is 1. The molecule has 1 aliphatic rings. The number of hydrogen-bond acceptors (Lipinski definition) is 9. The highest BCUT2D eigenvalue weighted by atomic mass is 32.1. The van der Waals surface area contributed by atoms with E-state index in [1.54, 1.807) is 5.38 Å². The van der Waals surface area contributed by atoms with Crippen LogP contribution in [0.1, 0.15) is 41.9 Å². The van der Waals surface area contributed by atoms with Gasteiger partial charge in [-0.25, -0.2) is 9.97 Å². The van der Waals surface area contributed by atoms with E-state index in [4.69, 9.17) is 11.5 Å². The molecule has 1 atom stereocenters. The number of guanidine groups is 1. The molecule has 14 heteroatoms. The van der Waals surface area contributed by atoms with Crippen LogP contribution in [0.3, 0.4) is 0 Å². The van der Waals surface area contributed by atoms with Crippen LogP contribution in [0.5, 0.6) is 0 Å². The van der Waals surface area contributed by atoms with Crippen molar-refractivity contribution in [1.82, 2.24) is 24.8 Å². The summed E-state index contributed by atoms with van der Waals surface area (Å²) in [5.41, 5.74) is 10.1. The van der Waals surface area contributed by atoms with E-state index in [0.29, 0.717) is 19.4 Å². The number of Topliss-reactive ketones (excluding diaryl/α,β-unsaturated/α-hetero) is 1. The number of aromatic nitrogens is 3. The zero-order valence-corrected chi connectivity index (χ0v) is 21.6. The lowest BCUT2D eigenvalue weighted by Gasteiger charge is -2.28. The number of piperidine rings is 1. The minimum atomic E-state index is -0.867. The van der Waals surface area contributed by atoms with Crippen molar-refractivity contribution in [2.24, 2.45) is 22.4 Å². The number of nitrogens with one attached hydrogen (secondary N) is 2. The largest absolute Gasteiger partial charge is 0.370 e. The lowest BCUT2D eigenvalue weighted by molar-refractivity contribution is -0.122. The molecule has 3 rings (SSSR count). The molecule has 2 aromatic heterocycles. The second kappa shape index (κ2) is 13.6. The number of hydrogen-bond donors (Lipinski definition) is 4. The second-order valence-corrected chi connectivity index (χ2v) is 9.90. The molecule has 2 amide bonds. The summed E-state index contributed by atoms with van der Waals surface area (Å²) in [7, 11) is 2.05. The molecule has 0 bridgehead atoms. The highest BCUT2D eigenvalue weighted by Gasteiger charge is 2.24. The molecular weight excluding hydrogens is 498 g/mol. The summed E-state index contributed by atoms with van der Waals surface area (Å²) >= 11 is 1.17. The second-order valence-electron chi connectivity index (χ2n) is 9.01. The Morgan fingerprint density at radius 3 is 2.68 bits per heavy atom. The Kier molecular flexibility index (Phi) is 10.3. The summed E-state index contributed by atoms with van der Waals surface area (Å²) in [6.45, 7) is 1.79. The highest BCUT2D eigenvalue weighted by molar-refractivity contribution is 7.11. The van der Waals surface area contributed by atoms with Gasteiger partial charge in [0.05, 0.1) is 18.6 Å². The number of aliphatic imine (C=N–C) groups is 1. The first kappa shape index (κ1) is 27.9. The van der Waals surface area contributed by atoms with Gasteiger partial charge in [-0.05, 0) is 51.7 Å². The van der Waals surface area contributed by atoms with E-state index in [-0.39, 0.29) is 47.2 Å². The van der Waals surface area contributed by atoms with Crippen LogP contribution in [-0.2, 0) is 16.1 Å². The van der Waals surface area contributed by atoms with Crippen LogP contribution in [0.2, 0.25) is 0 Å². The van der Waals surface area contributed by atoms with Gasteiger partial charge in [0.25, 0.3) is 5.56 Å². The van der Waals surface area contributed by atoms with Gasteiger partial charge in [-0.1, -0.05) is 0 Å². The third-order valence-corrected chi connectivity index (χ3v) is 6.83. The Bertz CT molecular complexity index is 1150. The number of rotatable bonds is 12. The van der Waals surface area contributed by atoms with Gasteiger partial charge in [0.1, 0.15) is 12.2 Å². The van der Waals surface area contributed by atoms with Crippen LogP contribution in [-0.4, -0.2) is 75.7 Å². The third-order valence-electron chi connectivity index (χ3n) is 6.04. The number of carbonyl (C=O) groups is 3. The number of carbonyl (C=O) groups excluding carboxylic acids is 3. The SMILES string of the molecule is CN1CCC(CC(=O)Nc2cncn(CC(=O)N[C@@H](CCCN=C(N)N)C(=O)c3nccs3)c2=O)CC1. The van der Waals surface area contributed by atoms with E-state index in [0.717, 1.165) is 30.5 Å². The van der Waals surface area contributed by atoms with Crippen molar-refractivity contribution in [3.05, 3.63) is 39.5 Å². The number of amides is 2. The molecule has 0 radical (unpaired) electrons. The number of thiazole rings is 1. The number of likely N-dealkylation sites (tertiary alicyclic amines) is 1. The summed E-state index contributed by atoms with van der Waals surface area (Å²) in [5, 5.41) is 7.24. The zero-order chi connectivity index (χ0) is 26.8. The minimum Gasteiger partial charge on any atom is -0.370 e. The van der Waals surface area contributed by atoms with E-state index in [9.17, 15) is 19.2 Å². The maximum Gasteiger partial charge on any atom is 0.277 e. The highest BCUT2D eigenvalue weighted by Crippen LogP contribution is 2.19. The van der Waals surface area contributed by atoms with Crippen molar-refractivity contribution >= 4 is 40.6 Å². The summed E-state index contributed by atoms with van der Waals surface area (Å²) < 4.78 is 1.09. The van der Waals surface area contributed by atoms with E-state index in [2.05, 4.69) is 37.5 Å². The van der Waals surface area contributed by atoms with Gasteiger partial charge in [0.15, 0.2) is 11.0 Å². The molecule has 1 aliphatic heterocycles. The van der Waals surface area contributed by atoms with Gasteiger partial charge in [-0.3, -0.25) is 28.7 Å². The van der Waals surface area contributed by atoms with Crippen LogP contribution in [0, 0.1) is 5.92 Å². The first-order valence-corrected chi connectivity index (χ1v) is 12.9. The molecule has 37 heavy (non-hydrogen) atoms. The van der Waals surface area contributed by atoms with E-state index in [1.165, 1.54) is 30.1 Å². The first-order chi connectivity index (χ1) is 17.7. The van der Waals surface area contributed by atoms with Crippen molar-refractivity contribution in [2.75, 3.05) is 32.0 Å². The van der Waals surface area contributed by atoms with Crippen molar-refractivity contribution in [2.45, 2.75) is 44.7 Å². The molecule has 0 unspecified atom stereocenters. The molecule has 0 spiro atoms. The molecule has 3 heterocycles. The number of nitrogens with two attached hydrogens (primary N) is 2. The lowest BCUT2D eigenvalue weighted by atomic mass is 9.93.